The molecule has 0 bridgehead atoms. The van der Waals surface area contributed by atoms with E-state index in [-0.39, 0.29) is 0 Å². The van der Waals surface area contributed by atoms with Gasteiger partial charge >= 0.3 is 0 Å². The zero-order valence-electron chi connectivity index (χ0n) is 10.4. The minimum atomic E-state index is -0.619. The molecule has 0 spiro atoms. The first-order valence-corrected chi connectivity index (χ1v) is 5.92. The first kappa shape index (κ1) is 12.9. The highest BCUT2D eigenvalue weighted by molar-refractivity contribution is 5.91. The minimum Gasteiger partial charge on any atom is -0.389 e. The standard InChI is InChI=1S/C12H18N4O2/c1-12(18)5-6-16(8-12)7-9-3-2-4-10(14-9)11(17)15-13/h2-4,18H,5-8,13H2,1H3,(H,15,17). The summed E-state index contributed by atoms with van der Waals surface area (Å²) in [6, 6.07) is 5.26. The highest BCUT2D eigenvalue weighted by Crippen LogP contribution is 2.21. The molecule has 1 atom stereocenters. The summed E-state index contributed by atoms with van der Waals surface area (Å²) in [7, 11) is 0. The van der Waals surface area contributed by atoms with Crippen LogP contribution in [0, 0.1) is 0 Å². The van der Waals surface area contributed by atoms with Gasteiger partial charge in [0.05, 0.1) is 11.3 Å². The van der Waals surface area contributed by atoms with E-state index in [1.807, 2.05) is 13.0 Å². The van der Waals surface area contributed by atoms with Gasteiger partial charge in [0.2, 0.25) is 0 Å². The Labute approximate surface area is 106 Å². The smallest absolute Gasteiger partial charge is 0.283 e. The summed E-state index contributed by atoms with van der Waals surface area (Å²) in [4.78, 5) is 17.7. The molecule has 1 unspecified atom stereocenters. The highest BCUT2D eigenvalue weighted by atomic mass is 16.3. The van der Waals surface area contributed by atoms with Crippen LogP contribution in [0.4, 0.5) is 0 Å². The van der Waals surface area contributed by atoms with Crippen LogP contribution in [-0.4, -0.2) is 39.6 Å². The number of hydrogen-bond acceptors (Lipinski definition) is 5. The molecule has 0 aliphatic carbocycles. The number of rotatable bonds is 3. The van der Waals surface area contributed by atoms with Crippen LogP contribution in [0.3, 0.4) is 0 Å². The Hall–Kier alpha value is -1.50. The van der Waals surface area contributed by atoms with E-state index in [1.165, 1.54) is 0 Å². The Kier molecular flexibility index (Phi) is 3.60. The average Bonchev–Trinajstić information content (AvgIpc) is 2.68. The molecule has 1 aliphatic rings. The van der Waals surface area contributed by atoms with E-state index >= 15 is 0 Å². The molecule has 1 aromatic rings. The van der Waals surface area contributed by atoms with Crippen LogP contribution in [0.15, 0.2) is 18.2 Å². The molecule has 6 nitrogen and oxygen atoms in total. The molecule has 0 radical (unpaired) electrons. The lowest BCUT2D eigenvalue weighted by molar-refractivity contribution is 0.0677. The van der Waals surface area contributed by atoms with Crippen molar-refractivity contribution in [3.05, 3.63) is 29.6 Å². The van der Waals surface area contributed by atoms with Gasteiger partial charge in [-0.15, -0.1) is 0 Å². The van der Waals surface area contributed by atoms with Gasteiger partial charge in [0.25, 0.3) is 5.91 Å². The van der Waals surface area contributed by atoms with E-state index in [2.05, 4.69) is 15.3 Å². The first-order chi connectivity index (χ1) is 8.50. The van der Waals surface area contributed by atoms with Gasteiger partial charge in [-0.25, -0.2) is 10.8 Å². The number of aliphatic hydroxyl groups is 1. The molecule has 0 saturated carbocycles. The van der Waals surface area contributed by atoms with E-state index in [4.69, 9.17) is 5.84 Å². The highest BCUT2D eigenvalue weighted by Gasteiger charge is 2.31. The fourth-order valence-corrected chi connectivity index (χ4v) is 2.17. The summed E-state index contributed by atoms with van der Waals surface area (Å²) in [6.45, 7) is 3.92. The van der Waals surface area contributed by atoms with Crippen molar-refractivity contribution < 1.29 is 9.90 Å². The van der Waals surface area contributed by atoms with E-state index in [1.54, 1.807) is 12.1 Å². The maximum atomic E-state index is 11.4. The third-order valence-electron chi connectivity index (χ3n) is 3.09. The van der Waals surface area contributed by atoms with Crippen molar-refractivity contribution >= 4 is 5.91 Å². The van der Waals surface area contributed by atoms with Gasteiger partial charge in [-0.1, -0.05) is 6.07 Å². The van der Waals surface area contributed by atoms with Gasteiger partial charge in [0, 0.05) is 19.6 Å². The number of hydrazine groups is 1. The second kappa shape index (κ2) is 5.01. The third-order valence-corrected chi connectivity index (χ3v) is 3.09. The summed E-state index contributed by atoms with van der Waals surface area (Å²) in [6.07, 6.45) is 0.760. The Balaban J connectivity index is 2.04. The maximum Gasteiger partial charge on any atom is 0.283 e. The SMILES string of the molecule is CC1(O)CCN(Cc2cccc(C(=O)NN)n2)C1. The van der Waals surface area contributed by atoms with Gasteiger partial charge in [0.1, 0.15) is 5.69 Å². The van der Waals surface area contributed by atoms with Crippen LogP contribution in [0.25, 0.3) is 0 Å². The largest absolute Gasteiger partial charge is 0.389 e. The molecule has 18 heavy (non-hydrogen) atoms. The molecule has 1 fully saturated rings. The molecule has 1 aliphatic heterocycles. The second-order valence-electron chi connectivity index (χ2n) is 4.95. The van der Waals surface area contributed by atoms with E-state index in [0.717, 1.165) is 18.7 Å². The van der Waals surface area contributed by atoms with Crippen molar-refractivity contribution in [2.75, 3.05) is 13.1 Å². The predicted octanol–water partition coefficient (Wildman–Crippen LogP) is -0.358. The molecule has 1 saturated heterocycles. The number of β-amino-alcohol motifs (C(OH)–C–C–N with tert-alkyl or cyclic N) is 1. The van der Waals surface area contributed by atoms with Gasteiger partial charge in [0.15, 0.2) is 0 Å². The lowest BCUT2D eigenvalue weighted by Crippen LogP contribution is -2.31. The molecular formula is C12H18N4O2. The maximum absolute atomic E-state index is 11.4. The molecule has 1 aromatic heterocycles. The minimum absolute atomic E-state index is 0.306. The third kappa shape index (κ3) is 3.04. The molecule has 1 amide bonds. The topological polar surface area (TPSA) is 91.5 Å². The summed E-state index contributed by atoms with van der Waals surface area (Å²) >= 11 is 0. The van der Waals surface area contributed by atoms with Gasteiger partial charge < -0.3 is 5.11 Å². The van der Waals surface area contributed by atoms with E-state index in [9.17, 15) is 9.90 Å². The van der Waals surface area contributed by atoms with Crippen LogP contribution < -0.4 is 11.3 Å². The molecular weight excluding hydrogens is 232 g/mol. The normalized spacial score (nSPS) is 24.2. The Morgan fingerprint density at radius 1 is 1.67 bits per heavy atom. The Morgan fingerprint density at radius 2 is 2.44 bits per heavy atom. The van der Waals surface area contributed by atoms with Crippen molar-refractivity contribution in [3.8, 4) is 0 Å². The number of pyridine rings is 1. The predicted molar refractivity (Wildman–Crippen MR) is 66.4 cm³/mol. The monoisotopic (exact) mass is 250 g/mol. The molecule has 0 aromatic carbocycles. The lowest BCUT2D eigenvalue weighted by Gasteiger charge is -2.18. The average molecular weight is 250 g/mol. The number of nitrogen functional groups attached to an aromatic ring is 1. The molecule has 4 N–H and O–H groups in total. The van der Waals surface area contributed by atoms with Gasteiger partial charge in [-0.2, -0.15) is 0 Å². The van der Waals surface area contributed by atoms with Gasteiger partial charge in [-0.3, -0.25) is 15.1 Å². The Bertz CT molecular complexity index is 447. The van der Waals surface area contributed by atoms with Crippen LogP contribution in [-0.2, 0) is 6.54 Å². The second-order valence-corrected chi connectivity index (χ2v) is 4.95. The Morgan fingerprint density at radius 3 is 3.06 bits per heavy atom. The zero-order valence-corrected chi connectivity index (χ0v) is 10.4. The van der Waals surface area contributed by atoms with Crippen LogP contribution in [0.2, 0.25) is 0 Å². The molecule has 6 heteroatoms. The number of nitrogens with two attached hydrogens (primary N) is 1. The van der Waals surface area contributed by atoms with Crippen molar-refractivity contribution in [1.29, 1.82) is 0 Å². The fourth-order valence-electron chi connectivity index (χ4n) is 2.17. The van der Waals surface area contributed by atoms with Crippen molar-refractivity contribution in [1.82, 2.24) is 15.3 Å². The number of nitrogens with zero attached hydrogens (tertiary/aromatic N) is 2. The summed E-state index contributed by atoms with van der Waals surface area (Å²) in [5.74, 6) is 4.67. The number of nitrogens with one attached hydrogen (secondary N) is 1. The zero-order chi connectivity index (χ0) is 13.2. The van der Waals surface area contributed by atoms with Crippen LogP contribution in [0.1, 0.15) is 29.5 Å². The van der Waals surface area contributed by atoms with Gasteiger partial charge in [-0.05, 0) is 25.5 Å². The quantitative estimate of drug-likeness (QED) is 0.387. The van der Waals surface area contributed by atoms with Crippen LogP contribution >= 0.6 is 0 Å². The fraction of sp³-hybridized carbons (Fsp3) is 0.500. The number of carbonyl (C=O) groups excluding carboxylic acids is 1. The van der Waals surface area contributed by atoms with E-state index in [0.29, 0.717) is 18.8 Å². The summed E-state index contributed by atoms with van der Waals surface area (Å²) in [5, 5.41) is 9.88. The first-order valence-electron chi connectivity index (χ1n) is 5.92. The number of amides is 1. The van der Waals surface area contributed by atoms with Crippen molar-refractivity contribution in [2.24, 2.45) is 5.84 Å². The number of aromatic nitrogens is 1. The molecule has 2 heterocycles. The van der Waals surface area contributed by atoms with Crippen LogP contribution in [0.5, 0.6) is 0 Å². The van der Waals surface area contributed by atoms with E-state index < -0.39 is 11.5 Å². The molecule has 2 rings (SSSR count). The number of carbonyl (C=O) groups is 1. The van der Waals surface area contributed by atoms with Crippen molar-refractivity contribution in [3.63, 3.8) is 0 Å². The summed E-state index contributed by atoms with van der Waals surface area (Å²) < 4.78 is 0. The summed E-state index contributed by atoms with van der Waals surface area (Å²) in [5.41, 5.74) is 2.55. The van der Waals surface area contributed by atoms with Crippen molar-refractivity contribution in [2.45, 2.75) is 25.5 Å². The lowest BCUT2D eigenvalue weighted by atomic mass is 10.1. The number of hydrogen-bond donors (Lipinski definition) is 3. The number of likely N-dealkylation sites (tertiary alicyclic amines) is 1. The molecule has 98 valence electrons.